The molecule has 1 N–H and O–H groups in total. The lowest BCUT2D eigenvalue weighted by molar-refractivity contribution is 0.174. The van der Waals surface area contributed by atoms with E-state index in [0.717, 1.165) is 11.1 Å². The summed E-state index contributed by atoms with van der Waals surface area (Å²) in [4.78, 5) is 0. The predicted octanol–water partition coefficient (Wildman–Crippen LogP) is 4.48. The highest BCUT2D eigenvalue weighted by molar-refractivity contribution is 5.52. The first-order valence-corrected chi connectivity index (χ1v) is 9.53. The molecule has 0 unspecified atom stereocenters. The summed E-state index contributed by atoms with van der Waals surface area (Å²) in [7, 11) is 0. The molecule has 0 radical (unpaired) electrons. The minimum atomic E-state index is -0.610. The molecule has 7 heteroatoms. The van der Waals surface area contributed by atoms with Crippen LogP contribution >= 0.6 is 0 Å². The minimum absolute atomic E-state index is 0.217. The van der Waals surface area contributed by atoms with Crippen LogP contribution < -0.4 is 14.8 Å². The van der Waals surface area contributed by atoms with Crippen LogP contribution in [0.15, 0.2) is 77.2 Å². The van der Waals surface area contributed by atoms with E-state index in [1.54, 1.807) is 18.2 Å². The van der Waals surface area contributed by atoms with Crippen LogP contribution in [0.2, 0.25) is 0 Å². The van der Waals surface area contributed by atoms with Crippen LogP contribution in [0, 0.1) is 5.82 Å². The molecule has 1 atom stereocenters. The molecule has 30 heavy (non-hydrogen) atoms. The van der Waals surface area contributed by atoms with Gasteiger partial charge < -0.3 is 13.9 Å². The second-order valence-corrected chi connectivity index (χ2v) is 6.83. The van der Waals surface area contributed by atoms with Gasteiger partial charge in [0, 0.05) is 17.7 Å². The van der Waals surface area contributed by atoms with Crippen molar-refractivity contribution in [3.8, 4) is 23.0 Å². The number of rotatable bonds is 6. The standard InChI is InChI=1S/C23H18FN3O3/c24-18-9-5-4-8-17(18)21(23-27-26-22(30-23)16-6-2-1-3-7-16)25-13-15-10-11-19-20(12-15)29-14-28-19/h1-12,21,25H,13-14H2/t21-/m1/s1. The van der Waals surface area contributed by atoms with Gasteiger partial charge in [-0.05, 0) is 35.9 Å². The van der Waals surface area contributed by atoms with Crippen LogP contribution in [0.25, 0.3) is 11.5 Å². The maximum Gasteiger partial charge on any atom is 0.247 e. The molecule has 3 aromatic carbocycles. The third kappa shape index (κ3) is 3.62. The number of fused-ring (bicyclic) bond motifs is 1. The van der Waals surface area contributed by atoms with Crippen molar-refractivity contribution in [1.82, 2.24) is 15.5 Å². The number of nitrogens with one attached hydrogen (secondary N) is 1. The fraction of sp³-hybridized carbons (Fsp3) is 0.130. The minimum Gasteiger partial charge on any atom is -0.454 e. The highest BCUT2D eigenvalue weighted by Crippen LogP contribution is 2.33. The maximum absolute atomic E-state index is 14.6. The molecule has 0 aliphatic carbocycles. The summed E-state index contributed by atoms with van der Waals surface area (Å²) in [6.45, 7) is 0.660. The molecule has 1 aliphatic heterocycles. The van der Waals surface area contributed by atoms with Gasteiger partial charge in [-0.25, -0.2) is 4.39 Å². The summed E-state index contributed by atoms with van der Waals surface area (Å²) in [5.74, 6) is 1.74. The fourth-order valence-electron chi connectivity index (χ4n) is 3.36. The number of nitrogens with zero attached hydrogens (tertiary/aromatic N) is 2. The van der Waals surface area contributed by atoms with Crippen molar-refractivity contribution in [2.75, 3.05) is 6.79 Å². The largest absolute Gasteiger partial charge is 0.454 e. The van der Waals surface area contributed by atoms with E-state index in [2.05, 4.69) is 15.5 Å². The molecule has 4 aromatic rings. The first-order chi connectivity index (χ1) is 14.8. The van der Waals surface area contributed by atoms with Crippen molar-refractivity contribution in [3.63, 3.8) is 0 Å². The van der Waals surface area contributed by atoms with Crippen LogP contribution in [-0.4, -0.2) is 17.0 Å². The van der Waals surface area contributed by atoms with E-state index in [4.69, 9.17) is 13.9 Å². The van der Waals surface area contributed by atoms with Crippen molar-refractivity contribution in [3.05, 3.63) is 95.6 Å². The van der Waals surface area contributed by atoms with Gasteiger partial charge in [-0.2, -0.15) is 0 Å². The van der Waals surface area contributed by atoms with Crippen molar-refractivity contribution >= 4 is 0 Å². The summed E-state index contributed by atoms with van der Waals surface area (Å²) in [6.07, 6.45) is 0. The van der Waals surface area contributed by atoms with E-state index >= 15 is 0 Å². The maximum atomic E-state index is 14.6. The van der Waals surface area contributed by atoms with Crippen LogP contribution in [0.1, 0.15) is 23.1 Å². The number of ether oxygens (including phenoxy) is 2. The normalized spacial score (nSPS) is 13.4. The molecule has 5 rings (SSSR count). The summed E-state index contributed by atoms with van der Waals surface area (Å²) in [6, 6.07) is 21.1. The van der Waals surface area contributed by atoms with Crippen LogP contribution in [0.3, 0.4) is 0 Å². The fourth-order valence-corrected chi connectivity index (χ4v) is 3.36. The lowest BCUT2D eigenvalue weighted by Gasteiger charge is -2.16. The molecule has 2 heterocycles. The van der Waals surface area contributed by atoms with Gasteiger partial charge in [-0.3, -0.25) is 5.32 Å². The third-order valence-corrected chi connectivity index (χ3v) is 4.87. The second kappa shape index (κ2) is 7.96. The Hall–Kier alpha value is -3.71. The highest BCUT2D eigenvalue weighted by atomic mass is 19.1. The van der Waals surface area contributed by atoms with E-state index < -0.39 is 6.04 Å². The van der Waals surface area contributed by atoms with Crippen molar-refractivity contribution in [2.24, 2.45) is 0 Å². The number of hydrogen-bond donors (Lipinski definition) is 1. The SMILES string of the molecule is Fc1ccccc1[C@@H](NCc1ccc2c(c1)OCO2)c1nnc(-c2ccccc2)o1. The Balaban J connectivity index is 1.44. The van der Waals surface area contributed by atoms with Gasteiger partial charge in [0.1, 0.15) is 11.9 Å². The van der Waals surface area contributed by atoms with E-state index in [1.165, 1.54) is 6.07 Å². The monoisotopic (exact) mass is 403 g/mol. The molecule has 0 fully saturated rings. The van der Waals surface area contributed by atoms with Crippen LogP contribution in [0.4, 0.5) is 4.39 Å². The van der Waals surface area contributed by atoms with Crippen molar-refractivity contribution < 1.29 is 18.3 Å². The molecule has 0 saturated heterocycles. The quantitative estimate of drug-likeness (QED) is 0.512. The number of aromatic nitrogens is 2. The van der Waals surface area contributed by atoms with Gasteiger partial charge in [0.05, 0.1) is 0 Å². The Morgan fingerprint density at radius 3 is 2.57 bits per heavy atom. The highest BCUT2D eigenvalue weighted by Gasteiger charge is 2.24. The number of halogens is 1. The molecule has 0 bridgehead atoms. The average molecular weight is 403 g/mol. The zero-order valence-corrected chi connectivity index (χ0v) is 15.9. The number of benzene rings is 3. The van der Waals surface area contributed by atoms with Gasteiger partial charge in [0.25, 0.3) is 0 Å². The Kier molecular flexibility index (Phi) is 4.86. The summed E-state index contributed by atoms with van der Waals surface area (Å²) < 4.78 is 31.3. The van der Waals surface area contributed by atoms with Gasteiger partial charge in [0.2, 0.25) is 18.6 Å². The Morgan fingerprint density at radius 2 is 1.70 bits per heavy atom. The van der Waals surface area contributed by atoms with Crippen molar-refractivity contribution in [2.45, 2.75) is 12.6 Å². The summed E-state index contributed by atoms with van der Waals surface area (Å²) in [5, 5.41) is 11.7. The molecule has 0 saturated carbocycles. The van der Waals surface area contributed by atoms with Crippen LogP contribution in [0.5, 0.6) is 11.5 Å². The number of hydrogen-bond acceptors (Lipinski definition) is 6. The van der Waals surface area contributed by atoms with Crippen molar-refractivity contribution in [1.29, 1.82) is 0 Å². The third-order valence-electron chi connectivity index (χ3n) is 4.87. The molecule has 1 aromatic heterocycles. The molecule has 0 spiro atoms. The molecule has 6 nitrogen and oxygen atoms in total. The molecular weight excluding hydrogens is 385 g/mol. The smallest absolute Gasteiger partial charge is 0.247 e. The predicted molar refractivity (Wildman–Crippen MR) is 107 cm³/mol. The van der Waals surface area contributed by atoms with E-state index in [1.807, 2.05) is 48.5 Å². The molecular formula is C23H18FN3O3. The van der Waals surface area contributed by atoms with E-state index in [-0.39, 0.29) is 12.6 Å². The first-order valence-electron chi connectivity index (χ1n) is 9.53. The second-order valence-electron chi connectivity index (χ2n) is 6.83. The topological polar surface area (TPSA) is 69.4 Å². The zero-order valence-electron chi connectivity index (χ0n) is 15.9. The van der Waals surface area contributed by atoms with Gasteiger partial charge in [-0.1, -0.05) is 42.5 Å². The lowest BCUT2D eigenvalue weighted by atomic mass is 10.1. The summed E-state index contributed by atoms with van der Waals surface area (Å²) in [5.41, 5.74) is 2.20. The first kappa shape index (κ1) is 18.3. The summed E-state index contributed by atoms with van der Waals surface area (Å²) >= 11 is 0. The lowest BCUT2D eigenvalue weighted by Crippen LogP contribution is -2.23. The van der Waals surface area contributed by atoms with E-state index in [0.29, 0.717) is 35.4 Å². The zero-order chi connectivity index (χ0) is 20.3. The van der Waals surface area contributed by atoms with Gasteiger partial charge >= 0.3 is 0 Å². The average Bonchev–Trinajstić information content (AvgIpc) is 3.45. The molecule has 150 valence electrons. The van der Waals surface area contributed by atoms with E-state index in [9.17, 15) is 4.39 Å². The Labute approximate surface area is 172 Å². The molecule has 1 aliphatic rings. The Bertz CT molecular complexity index is 1160. The van der Waals surface area contributed by atoms with Gasteiger partial charge in [0.15, 0.2) is 11.5 Å². The van der Waals surface area contributed by atoms with Crippen LogP contribution in [-0.2, 0) is 6.54 Å². The molecule has 0 amide bonds. The van der Waals surface area contributed by atoms with Gasteiger partial charge in [-0.15, -0.1) is 10.2 Å². The Morgan fingerprint density at radius 1 is 0.900 bits per heavy atom.